The summed E-state index contributed by atoms with van der Waals surface area (Å²) in [6, 6.07) is 13.8. The third-order valence-corrected chi connectivity index (χ3v) is 6.12. The first kappa shape index (κ1) is 21.1. The first-order valence-corrected chi connectivity index (χ1v) is 10.9. The molecule has 1 amide bonds. The zero-order chi connectivity index (χ0) is 21.6. The van der Waals surface area contributed by atoms with Crippen LogP contribution in [-0.2, 0) is 6.42 Å². The second-order valence-electron chi connectivity index (χ2n) is 8.24. The number of aromatic amines is 1. The van der Waals surface area contributed by atoms with E-state index in [1.807, 2.05) is 11.1 Å². The van der Waals surface area contributed by atoms with Crippen molar-refractivity contribution in [2.45, 2.75) is 25.7 Å². The van der Waals surface area contributed by atoms with Gasteiger partial charge in [-0.3, -0.25) is 4.79 Å². The van der Waals surface area contributed by atoms with Gasteiger partial charge < -0.3 is 15.2 Å². The maximum Gasteiger partial charge on any atom is 0.253 e. The molecule has 5 nitrogen and oxygen atoms in total. The summed E-state index contributed by atoms with van der Waals surface area (Å²) < 4.78 is 13.5. The summed E-state index contributed by atoms with van der Waals surface area (Å²) in [5, 5.41) is 13.4. The molecule has 1 fully saturated rings. The van der Waals surface area contributed by atoms with Gasteiger partial charge in [0.25, 0.3) is 5.91 Å². The van der Waals surface area contributed by atoms with Gasteiger partial charge in [-0.2, -0.15) is 5.26 Å². The highest BCUT2D eigenvalue weighted by Crippen LogP contribution is 2.21. The summed E-state index contributed by atoms with van der Waals surface area (Å²) >= 11 is 0. The summed E-state index contributed by atoms with van der Waals surface area (Å²) in [4.78, 5) is 17.7. The highest BCUT2D eigenvalue weighted by molar-refractivity contribution is 5.94. The number of aryl methyl sites for hydroxylation is 1. The Bertz CT molecular complexity index is 1080. The van der Waals surface area contributed by atoms with Crippen molar-refractivity contribution >= 4 is 16.8 Å². The van der Waals surface area contributed by atoms with E-state index in [9.17, 15) is 9.18 Å². The molecule has 3 aromatic rings. The highest BCUT2D eigenvalue weighted by Gasteiger charge is 2.23. The number of hydrogen-bond donors (Lipinski definition) is 2. The average Bonchev–Trinajstić information content (AvgIpc) is 3.21. The van der Waals surface area contributed by atoms with Crippen LogP contribution in [0.2, 0.25) is 0 Å². The van der Waals surface area contributed by atoms with Crippen molar-refractivity contribution in [3.8, 4) is 6.07 Å². The van der Waals surface area contributed by atoms with Gasteiger partial charge in [0, 0.05) is 35.8 Å². The molecule has 0 radical (unpaired) electrons. The van der Waals surface area contributed by atoms with Crippen LogP contribution in [-0.4, -0.2) is 42.0 Å². The molecule has 0 spiro atoms. The number of hydrogen-bond acceptors (Lipinski definition) is 3. The number of rotatable bonds is 7. The summed E-state index contributed by atoms with van der Waals surface area (Å²) in [6.45, 7) is 3.42. The first-order valence-electron chi connectivity index (χ1n) is 10.9. The fourth-order valence-electron chi connectivity index (χ4n) is 4.28. The number of aromatic nitrogens is 1. The maximum atomic E-state index is 13.5. The smallest absolute Gasteiger partial charge is 0.253 e. The van der Waals surface area contributed by atoms with E-state index in [4.69, 9.17) is 5.26 Å². The first-order chi connectivity index (χ1) is 15.1. The van der Waals surface area contributed by atoms with Crippen LogP contribution in [0.25, 0.3) is 10.9 Å². The number of benzene rings is 2. The highest BCUT2D eigenvalue weighted by atomic mass is 19.1. The third kappa shape index (κ3) is 5.12. The number of piperidine rings is 1. The van der Waals surface area contributed by atoms with Gasteiger partial charge in [-0.1, -0.05) is 0 Å². The van der Waals surface area contributed by atoms with E-state index in [2.05, 4.69) is 16.4 Å². The van der Waals surface area contributed by atoms with Gasteiger partial charge in [-0.05, 0) is 92.7 Å². The van der Waals surface area contributed by atoms with Gasteiger partial charge in [-0.15, -0.1) is 0 Å². The molecule has 1 aliphatic rings. The molecule has 2 N–H and O–H groups in total. The van der Waals surface area contributed by atoms with Crippen LogP contribution in [0.15, 0.2) is 48.7 Å². The van der Waals surface area contributed by atoms with E-state index in [0.717, 1.165) is 68.3 Å². The molecular weight excluding hydrogens is 391 g/mol. The number of fused-ring (bicyclic) bond motifs is 1. The molecule has 160 valence electrons. The van der Waals surface area contributed by atoms with Crippen LogP contribution in [0.1, 0.15) is 40.7 Å². The number of likely N-dealkylation sites (tertiary alicyclic amines) is 1. The molecule has 2 heterocycles. The molecule has 0 saturated carbocycles. The fraction of sp³-hybridized carbons (Fsp3) is 0.360. The molecule has 0 atom stereocenters. The van der Waals surface area contributed by atoms with Crippen molar-refractivity contribution in [2.75, 3.05) is 26.2 Å². The number of amides is 1. The zero-order valence-corrected chi connectivity index (χ0v) is 17.5. The van der Waals surface area contributed by atoms with E-state index in [-0.39, 0.29) is 11.7 Å². The minimum Gasteiger partial charge on any atom is -0.361 e. The average molecular weight is 419 g/mol. The Balaban J connectivity index is 1.16. The Morgan fingerprint density at radius 3 is 2.71 bits per heavy atom. The lowest BCUT2D eigenvalue weighted by Crippen LogP contribution is -2.40. The number of carbonyl (C=O) groups is 1. The summed E-state index contributed by atoms with van der Waals surface area (Å²) in [7, 11) is 0. The van der Waals surface area contributed by atoms with E-state index >= 15 is 0 Å². The Labute approximate surface area is 181 Å². The number of nitrogens with one attached hydrogen (secondary N) is 2. The molecule has 4 rings (SSSR count). The van der Waals surface area contributed by atoms with Crippen LogP contribution >= 0.6 is 0 Å². The van der Waals surface area contributed by atoms with Crippen LogP contribution in [0, 0.1) is 23.1 Å². The predicted octanol–water partition coefficient (Wildman–Crippen LogP) is 4.25. The number of nitriles is 1. The van der Waals surface area contributed by atoms with Crippen LogP contribution in [0.3, 0.4) is 0 Å². The van der Waals surface area contributed by atoms with Crippen molar-refractivity contribution in [1.82, 2.24) is 15.2 Å². The van der Waals surface area contributed by atoms with Crippen LogP contribution in [0.4, 0.5) is 4.39 Å². The van der Waals surface area contributed by atoms with Crippen LogP contribution < -0.4 is 5.32 Å². The number of H-pyrrole nitrogens is 1. The van der Waals surface area contributed by atoms with Gasteiger partial charge in [0.2, 0.25) is 0 Å². The number of nitrogens with zero attached hydrogens (tertiary/aromatic N) is 2. The van der Waals surface area contributed by atoms with Crippen molar-refractivity contribution in [1.29, 1.82) is 5.26 Å². The van der Waals surface area contributed by atoms with E-state index in [1.165, 1.54) is 6.07 Å². The molecule has 1 saturated heterocycles. The molecule has 0 unspecified atom stereocenters. The molecule has 0 aliphatic carbocycles. The Morgan fingerprint density at radius 2 is 1.97 bits per heavy atom. The van der Waals surface area contributed by atoms with E-state index in [0.29, 0.717) is 17.0 Å². The molecule has 0 bridgehead atoms. The second kappa shape index (κ2) is 9.76. The van der Waals surface area contributed by atoms with Crippen molar-refractivity contribution in [3.63, 3.8) is 0 Å². The minimum atomic E-state index is -0.199. The fourth-order valence-corrected chi connectivity index (χ4v) is 4.28. The van der Waals surface area contributed by atoms with E-state index < -0.39 is 0 Å². The van der Waals surface area contributed by atoms with E-state index in [1.54, 1.807) is 36.4 Å². The largest absolute Gasteiger partial charge is 0.361 e. The standard InChI is InChI=1S/C25H27FN4O/c26-22-7-8-24-23(14-22)21(17-29-24)2-1-11-28-16-19-9-12-30(13-10-19)25(31)20-5-3-18(15-27)4-6-20/h3-8,14,17,19,28-29H,1-2,9-13,16H2. The predicted molar refractivity (Wildman–Crippen MR) is 119 cm³/mol. The van der Waals surface area contributed by atoms with Gasteiger partial charge in [-0.25, -0.2) is 4.39 Å². The summed E-state index contributed by atoms with van der Waals surface area (Å²) in [6.07, 6.45) is 5.88. The molecular formula is C25H27FN4O. The van der Waals surface area contributed by atoms with Crippen molar-refractivity contribution in [3.05, 3.63) is 71.2 Å². The maximum absolute atomic E-state index is 13.5. The lowest BCUT2D eigenvalue weighted by molar-refractivity contribution is 0.0690. The molecule has 1 aliphatic heterocycles. The lowest BCUT2D eigenvalue weighted by atomic mass is 9.96. The number of carbonyl (C=O) groups excluding carboxylic acids is 1. The second-order valence-corrected chi connectivity index (χ2v) is 8.24. The Hall–Kier alpha value is -3.17. The zero-order valence-electron chi connectivity index (χ0n) is 17.5. The summed E-state index contributed by atoms with van der Waals surface area (Å²) in [5.74, 6) is 0.425. The molecule has 2 aromatic carbocycles. The van der Waals surface area contributed by atoms with Gasteiger partial charge in [0.05, 0.1) is 11.6 Å². The van der Waals surface area contributed by atoms with Gasteiger partial charge in [0.15, 0.2) is 0 Å². The SMILES string of the molecule is N#Cc1ccc(C(=O)N2CCC(CNCCCc3c[nH]c4ccc(F)cc34)CC2)cc1. The normalized spacial score (nSPS) is 14.6. The van der Waals surface area contributed by atoms with Gasteiger partial charge >= 0.3 is 0 Å². The Kier molecular flexibility index (Phi) is 6.63. The molecule has 31 heavy (non-hydrogen) atoms. The van der Waals surface area contributed by atoms with Gasteiger partial charge in [0.1, 0.15) is 5.82 Å². The third-order valence-electron chi connectivity index (χ3n) is 6.12. The monoisotopic (exact) mass is 418 g/mol. The van der Waals surface area contributed by atoms with Crippen molar-refractivity contribution < 1.29 is 9.18 Å². The Morgan fingerprint density at radius 1 is 1.19 bits per heavy atom. The minimum absolute atomic E-state index is 0.0473. The van der Waals surface area contributed by atoms with Crippen LogP contribution in [0.5, 0.6) is 0 Å². The number of halogens is 1. The molecule has 1 aromatic heterocycles. The quantitative estimate of drug-likeness (QED) is 0.564. The summed E-state index contributed by atoms with van der Waals surface area (Å²) in [5.41, 5.74) is 3.35. The molecule has 6 heteroatoms. The lowest BCUT2D eigenvalue weighted by Gasteiger charge is -2.32. The topological polar surface area (TPSA) is 71.9 Å². The van der Waals surface area contributed by atoms with Crippen molar-refractivity contribution in [2.24, 2.45) is 5.92 Å².